The lowest BCUT2D eigenvalue weighted by Gasteiger charge is -2.06. The van der Waals surface area contributed by atoms with Gasteiger partial charge in [-0.15, -0.1) is 0 Å². The van der Waals surface area contributed by atoms with Crippen LogP contribution in [0.15, 0.2) is 47.0 Å². The molecule has 3 rings (SSSR count). The van der Waals surface area contributed by atoms with Crippen molar-refractivity contribution in [2.24, 2.45) is 0 Å². The zero-order valence-corrected chi connectivity index (χ0v) is 12.8. The molecule has 0 fully saturated rings. The fourth-order valence-electron chi connectivity index (χ4n) is 2.19. The minimum Gasteiger partial charge on any atom is -0.489 e. The third-order valence-corrected chi connectivity index (χ3v) is 3.61. The summed E-state index contributed by atoms with van der Waals surface area (Å²) in [5.41, 5.74) is 4.12. The fourth-order valence-corrected chi connectivity index (χ4v) is 2.41. The molecular weight excluding hydrogens is 282 g/mol. The molecule has 0 unspecified atom stereocenters. The summed E-state index contributed by atoms with van der Waals surface area (Å²) in [4.78, 5) is 0. The second-order valence-corrected chi connectivity index (χ2v) is 5.48. The molecule has 0 aliphatic rings. The molecule has 0 saturated carbocycles. The van der Waals surface area contributed by atoms with Crippen LogP contribution in [0.3, 0.4) is 0 Å². The van der Waals surface area contributed by atoms with Crippen LogP contribution in [0.1, 0.15) is 16.8 Å². The third kappa shape index (κ3) is 3.22. The van der Waals surface area contributed by atoms with Crippen LogP contribution in [0.5, 0.6) is 5.75 Å². The maximum Gasteiger partial charge on any atom is 0.167 e. The molecule has 0 radical (unpaired) electrons. The minimum absolute atomic E-state index is 0.555. The van der Waals surface area contributed by atoms with Crippen molar-refractivity contribution >= 4 is 23.6 Å². The lowest BCUT2D eigenvalue weighted by molar-refractivity contribution is 0.306. The first kappa shape index (κ1) is 14.0. The van der Waals surface area contributed by atoms with Crippen molar-refractivity contribution in [3.05, 3.63) is 59.3 Å². The van der Waals surface area contributed by atoms with Crippen LogP contribution in [0.2, 0.25) is 0 Å². The predicted molar refractivity (Wildman–Crippen MR) is 87.1 cm³/mol. The maximum absolute atomic E-state index is 5.85. The lowest BCUT2D eigenvalue weighted by atomic mass is 10.1. The van der Waals surface area contributed by atoms with E-state index in [9.17, 15) is 0 Å². The number of fused-ring (bicyclic) bond motifs is 1. The van der Waals surface area contributed by atoms with Gasteiger partial charge in [0.25, 0.3) is 0 Å². The summed E-state index contributed by atoms with van der Waals surface area (Å²) in [6.07, 6.45) is 0.789. The van der Waals surface area contributed by atoms with Crippen LogP contribution < -0.4 is 4.74 Å². The van der Waals surface area contributed by atoms with Crippen molar-refractivity contribution in [2.45, 2.75) is 20.0 Å². The van der Waals surface area contributed by atoms with Crippen molar-refractivity contribution in [3.63, 3.8) is 0 Å². The van der Waals surface area contributed by atoms with Gasteiger partial charge in [0, 0.05) is 11.8 Å². The van der Waals surface area contributed by atoms with Crippen LogP contribution in [0.4, 0.5) is 0 Å². The van der Waals surface area contributed by atoms with Gasteiger partial charge in [-0.25, -0.2) is 0 Å². The summed E-state index contributed by atoms with van der Waals surface area (Å²) in [6, 6.07) is 14.1. The summed E-state index contributed by atoms with van der Waals surface area (Å²) in [5, 5.41) is 5.08. The molecule has 0 aliphatic heterocycles. The molecule has 0 spiro atoms. The monoisotopic (exact) mass is 299 g/mol. The van der Waals surface area contributed by atoms with Gasteiger partial charge in [-0.3, -0.25) is 0 Å². The zero-order chi connectivity index (χ0) is 14.7. The summed E-state index contributed by atoms with van der Waals surface area (Å²) in [6.45, 7) is 2.63. The predicted octanol–water partition coefficient (Wildman–Crippen LogP) is 4.19. The van der Waals surface area contributed by atoms with E-state index in [-0.39, 0.29) is 0 Å². The third-order valence-electron chi connectivity index (χ3n) is 3.39. The van der Waals surface area contributed by atoms with E-state index in [0.717, 1.165) is 40.1 Å². The summed E-state index contributed by atoms with van der Waals surface area (Å²) < 4.78 is 11.1. The highest BCUT2D eigenvalue weighted by Gasteiger charge is 2.08. The van der Waals surface area contributed by atoms with Gasteiger partial charge in [0.1, 0.15) is 12.4 Å². The molecule has 3 aromatic rings. The minimum atomic E-state index is 0.555. The van der Waals surface area contributed by atoms with Gasteiger partial charge in [0.05, 0.1) is 5.69 Å². The highest BCUT2D eigenvalue weighted by Crippen LogP contribution is 2.25. The zero-order valence-electron chi connectivity index (χ0n) is 11.9. The van der Waals surface area contributed by atoms with Gasteiger partial charge in [-0.05, 0) is 36.4 Å². The molecule has 1 aromatic heterocycles. The first-order valence-corrected chi connectivity index (χ1v) is 7.57. The molecule has 3 nitrogen and oxygen atoms in total. The van der Waals surface area contributed by atoms with Crippen LogP contribution in [0.25, 0.3) is 11.0 Å². The van der Waals surface area contributed by atoms with Crippen molar-refractivity contribution in [1.29, 1.82) is 0 Å². The molecule has 21 heavy (non-hydrogen) atoms. The molecular formula is C17H17NO2S. The Hall–Kier alpha value is -1.94. The fraction of sp³-hybridized carbons (Fsp3) is 0.235. The molecule has 1 heterocycles. The Balaban J connectivity index is 1.77. The average Bonchev–Trinajstić information content (AvgIpc) is 2.90. The largest absolute Gasteiger partial charge is 0.489 e. The highest BCUT2D eigenvalue weighted by molar-refractivity contribution is 7.80. The van der Waals surface area contributed by atoms with Gasteiger partial charge >= 0.3 is 0 Å². The van der Waals surface area contributed by atoms with E-state index in [1.54, 1.807) is 0 Å². The highest BCUT2D eigenvalue weighted by atomic mass is 32.1. The quantitative estimate of drug-likeness (QED) is 0.718. The van der Waals surface area contributed by atoms with E-state index >= 15 is 0 Å². The van der Waals surface area contributed by atoms with Crippen LogP contribution in [-0.2, 0) is 13.0 Å². The Morgan fingerprint density at radius 2 is 1.95 bits per heavy atom. The maximum atomic E-state index is 5.85. The number of hydrogen-bond acceptors (Lipinski definition) is 4. The number of ether oxygens (including phenoxy) is 1. The van der Waals surface area contributed by atoms with E-state index in [0.29, 0.717) is 6.61 Å². The van der Waals surface area contributed by atoms with Gasteiger partial charge in [-0.1, -0.05) is 35.0 Å². The van der Waals surface area contributed by atoms with Crippen LogP contribution in [0, 0.1) is 6.92 Å². The number of benzene rings is 2. The van der Waals surface area contributed by atoms with Crippen molar-refractivity contribution in [2.75, 3.05) is 5.75 Å². The molecule has 0 N–H and O–H groups in total. The van der Waals surface area contributed by atoms with Gasteiger partial charge in [0.2, 0.25) is 0 Å². The normalized spacial score (nSPS) is 11.0. The average molecular weight is 299 g/mol. The Bertz CT molecular complexity index is 734. The van der Waals surface area contributed by atoms with Gasteiger partial charge in [0.15, 0.2) is 5.58 Å². The smallest absolute Gasteiger partial charge is 0.167 e. The van der Waals surface area contributed by atoms with Crippen molar-refractivity contribution in [3.8, 4) is 5.75 Å². The Labute approximate surface area is 129 Å². The molecule has 4 heteroatoms. The second-order valence-electron chi connectivity index (χ2n) is 5.04. The molecule has 0 atom stereocenters. The van der Waals surface area contributed by atoms with E-state index in [2.05, 4.69) is 49.0 Å². The number of aromatic nitrogens is 1. The second kappa shape index (κ2) is 6.22. The van der Waals surface area contributed by atoms with E-state index in [4.69, 9.17) is 9.26 Å². The Morgan fingerprint density at radius 1 is 1.14 bits per heavy atom. The molecule has 0 bridgehead atoms. The molecule has 108 valence electrons. The molecule has 0 amide bonds. The van der Waals surface area contributed by atoms with Crippen molar-refractivity contribution in [1.82, 2.24) is 5.16 Å². The topological polar surface area (TPSA) is 35.3 Å². The summed E-state index contributed by atoms with van der Waals surface area (Å²) in [7, 11) is 0. The molecule has 0 saturated heterocycles. The van der Waals surface area contributed by atoms with E-state index < -0.39 is 0 Å². The standard InChI is InChI=1S/C17H17NO2S/c1-12-2-4-13(5-3-12)11-19-14-6-7-17-15(10-14)16(8-9-21)18-20-17/h2-7,10,21H,8-9,11H2,1H3. The van der Waals surface area contributed by atoms with Gasteiger partial charge in [-0.2, -0.15) is 12.6 Å². The number of nitrogens with zero attached hydrogens (tertiary/aromatic N) is 1. The number of thiol groups is 1. The first-order chi connectivity index (χ1) is 10.3. The Morgan fingerprint density at radius 3 is 2.71 bits per heavy atom. The van der Waals surface area contributed by atoms with Gasteiger partial charge < -0.3 is 9.26 Å². The number of rotatable bonds is 5. The van der Waals surface area contributed by atoms with Crippen molar-refractivity contribution < 1.29 is 9.26 Å². The number of hydrogen-bond donors (Lipinski definition) is 1. The van der Waals surface area contributed by atoms with E-state index in [1.807, 2.05) is 18.2 Å². The molecule has 0 aliphatic carbocycles. The van der Waals surface area contributed by atoms with E-state index in [1.165, 1.54) is 5.56 Å². The first-order valence-electron chi connectivity index (χ1n) is 6.94. The van der Waals surface area contributed by atoms with Crippen LogP contribution in [-0.4, -0.2) is 10.9 Å². The van der Waals surface area contributed by atoms with Crippen LogP contribution >= 0.6 is 12.6 Å². The Kier molecular flexibility index (Phi) is 4.15. The summed E-state index contributed by atoms with van der Waals surface area (Å²) in [5.74, 6) is 1.57. The molecule has 2 aromatic carbocycles. The SMILES string of the molecule is Cc1ccc(COc2ccc3onc(CCS)c3c2)cc1. The lowest BCUT2D eigenvalue weighted by Crippen LogP contribution is -1.95. The number of aryl methyl sites for hydroxylation is 2. The summed E-state index contributed by atoms with van der Waals surface area (Å²) >= 11 is 4.24.